The van der Waals surface area contributed by atoms with Gasteiger partial charge in [-0.05, 0) is 18.2 Å². The molecule has 1 aliphatic rings. The van der Waals surface area contributed by atoms with Crippen LogP contribution >= 0.6 is 0 Å². The number of sulfonamides is 1. The van der Waals surface area contributed by atoms with Gasteiger partial charge >= 0.3 is 0 Å². The Hall–Kier alpha value is -1.70. The van der Waals surface area contributed by atoms with Crippen molar-refractivity contribution in [1.29, 1.82) is 0 Å². The summed E-state index contributed by atoms with van der Waals surface area (Å²) in [5.41, 5.74) is 1.07. The van der Waals surface area contributed by atoms with Crippen LogP contribution in [0.25, 0.3) is 0 Å². The highest BCUT2D eigenvalue weighted by atomic mass is 32.2. The lowest BCUT2D eigenvalue weighted by molar-refractivity contribution is 0.365. The average Bonchev–Trinajstić information content (AvgIpc) is 2.95. The van der Waals surface area contributed by atoms with Gasteiger partial charge < -0.3 is 5.32 Å². The van der Waals surface area contributed by atoms with Crippen LogP contribution in [0.4, 0.5) is 0 Å². The molecule has 0 fully saturated rings. The van der Waals surface area contributed by atoms with Gasteiger partial charge in [0, 0.05) is 25.8 Å². The summed E-state index contributed by atoms with van der Waals surface area (Å²) in [6, 6.07) is 10.3. The van der Waals surface area contributed by atoms with E-state index in [1.807, 2.05) is 10.7 Å². The molecule has 0 bridgehead atoms. The molecule has 20 heavy (non-hydrogen) atoms. The Morgan fingerprint density at radius 1 is 1.30 bits per heavy atom. The summed E-state index contributed by atoms with van der Waals surface area (Å²) in [4.78, 5) is 0.282. The third-order valence-corrected chi connectivity index (χ3v) is 4.79. The molecule has 2 heterocycles. The molecule has 1 atom stereocenters. The molecular formula is C13H16N4O2S. The lowest BCUT2D eigenvalue weighted by Gasteiger charge is -2.25. The van der Waals surface area contributed by atoms with Crippen molar-refractivity contribution in [3.63, 3.8) is 0 Å². The summed E-state index contributed by atoms with van der Waals surface area (Å²) >= 11 is 0. The van der Waals surface area contributed by atoms with Crippen LogP contribution in [-0.4, -0.2) is 31.3 Å². The molecular weight excluding hydrogens is 276 g/mol. The summed E-state index contributed by atoms with van der Waals surface area (Å²) in [6.07, 6.45) is 1.74. The van der Waals surface area contributed by atoms with E-state index in [0.717, 1.165) is 12.2 Å². The number of hydrogen-bond donors (Lipinski definition) is 2. The molecule has 106 valence electrons. The van der Waals surface area contributed by atoms with Gasteiger partial charge in [-0.15, -0.1) is 0 Å². The Morgan fingerprint density at radius 3 is 2.90 bits per heavy atom. The predicted molar refractivity (Wildman–Crippen MR) is 74.6 cm³/mol. The van der Waals surface area contributed by atoms with E-state index >= 15 is 0 Å². The van der Waals surface area contributed by atoms with Crippen LogP contribution in [-0.2, 0) is 16.6 Å². The molecule has 1 aromatic heterocycles. The maximum atomic E-state index is 12.2. The van der Waals surface area contributed by atoms with Crippen LogP contribution in [0.15, 0.2) is 47.5 Å². The van der Waals surface area contributed by atoms with Crippen LogP contribution < -0.4 is 10.0 Å². The minimum atomic E-state index is -3.46. The molecule has 2 aromatic rings. The number of aromatic nitrogens is 2. The third-order valence-electron chi connectivity index (χ3n) is 3.35. The number of rotatable bonds is 4. The highest BCUT2D eigenvalue weighted by molar-refractivity contribution is 7.89. The Morgan fingerprint density at radius 2 is 2.10 bits per heavy atom. The smallest absolute Gasteiger partial charge is 0.240 e. The quantitative estimate of drug-likeness (QED) is 0.861. The zero-order valence-corrected chi connectivity index (χ0v) is 11.7. The standard InChI is InChI=1S/C13H16N4O2S/c18-20(19,13-4-2-1-3-5-13)16-10-12-9-14-8-11-6-7-15-17(11)12/h1-7,12,14,16H,8-10H2/t12-/m0/s1. The first kappa shape index (κ1) is 13.3. The summed E-state index contributed by atoms with van der Waals surface area (Å²) in [7, 11) is -3.46. The first-order valence-corrected chi connectivity index (χ1v) is 7.93. The lowest BCUT2D eigenvalue weighted by atomic mass is 10.2. The minimum Gasteiger partial charge on any atom is -0.309 e. The predicted octanol–water partition coefficient (Wildman–Crippen LogP) is 0.506. The largest absolute Gasteiger partial charge is 0.309 e. The monoisotopic (exact) mass is 292 g/mol. The fraction of sp³-hybridized carbons (Fsp3) is 0.308. The van der Waals surface area contributed by atoms with E-state index in [2.05, 4.69) is 15.1 Å². The van der Waals surface area contributed by atoms with Gasteiger partial charge in [-0.25, -0.2) is 13.1 Å². The van der Waals surface area contributed by atoms with Crippen molar-refractivity contribution in [3.05, 3.63) is 48.3 Å². The van der Waals surface area contributed by atoms with E-state index in [0.29, 0.717) is 13.1 Å². The van der Waals surface area contributed by atoms with E-state index < -0.39 is 10.0 Å². The van der Waals surface area contributed by atoms with Gasteiger partial charge in [-0.2, -0.15) is 5.10 Å². The molecule has 0 spiro atoms. The van der Waals surface area contributed by atoms with Gasteiger partial charge in [0.05, 0.1) is 16.6 Å². The molecule has 0 unspecified atom stereocenters. The van der Waals surface area contributed by atoms with E-state index in [9.17, 15) is 8.42 Å². The molecule has 6 nitrogen and oxygen atoms in total. The normalized spacial score (nSPS) is 18.7. The van der Waals surface area contributed by atoms with Crippen molar-refractivity contribution in [2.45, 2.75) is 17.5 Å². The fourth-order valence-corrected chi connectivity index (χ4v) is 3.41. The second-order valence-corrected chi connectivity index (χ2v) is 6.48. The summed E-state index contributed by atoms with van der Waals surface area (Å²) in [5.74, 6) is 0. The van der Waals surface area contributed by atoms with Gasteiger partial charge in [-0.1, -0.05) is 18.2 Å². The SMILES string of the molecule is O=S(=O)(NC[C@@H]1CNCc2ccnn21)c1ccccc1. The number of fused-ring (bicyclic) bond motifs is 1. The van der Waals surface area contributed by atoms with Crippen molar-refractivity contribution in [2.75, 3.05) is 13.1 Å². The maximum Gasteiger partial charge on any atom is 0.240 e. The number of nitrogens with one attached hydrogen (secondary N) is 2. The van der Waals surface area contributed by atoms with E-state index in [1.54, 1.807) is 36.5 Å². The van der Waals surface area contributed by atoms with Crippen LogP contribution in [0.2, 0.25) is 0 Å². The maximum absolute atomic E-state index is 12.2. The van der Waals surface area contributed by atoms with E-state index in [1.165, 1.54) is 0 Å². The summed E-state index contributed by atoms with van der Waals surface area (Å²) in [6.45, 7) is 1.78. The molecule has 0 aliphatic carbocycles. The van der Waals surface area contributed by atoms with Gasteiger partial charge in [0.2, 0.25) is 10.0 Å². The zero-order chi connectivity index (χ0) is 14.0. The lowest BCUT2D eigenvalue weighted by Crippen LogP contribution is -2.40. The number of nitrogens with zero attached hydrogens (tertiary/aromatic N) is 2. The van der Waals surface area contributed by atoms with E-state index in [4.69, 9.17) is 0 Å². The summed E-state index contributed by atoms with van der Waals surface area (Å²) < 4.78 is 28.9. The van der Waals surface area contributed by atoms with E-state index in [-0.39, 0.29) is 10.9 Å². The van der Waals surface area contributed by atoms with Gasteiger partial charge in [0.15, 0.2) is 0 Å². The first-order valence-electron chi connectivity index (χ1n) is 6.44. The van der Waals surface area contributed by atoms with Crippen molar-refractivity contribution < 1.29 is 8.42 Å². The molecule has 0 saturated carbocycles. The Kier molecular flexibility index (Phi) is 3.56. The van der Waals surface area contributed by atoms with Gasteiger partial charge in [0.1, 0.15) is 0 Å². The second-order valence-electron chi connectivity index (χ2n) is 4.72. The molecule has 7 heteroatoms. The number of hydrogen-bond acceptors (Lipinski definition) is 4. The fourth-order valence-electron chi connectivity index (χ4n) is 2.31. The highest BCUT2D eigenvalue weighted by Gasteiger charge is 2.22. The highest BCUT2D eigenvalue weighted by Crippen LogP contribution is 2.14. The third kappa shape index (κ3) is 2.60. The zero-order valence-electron chi connectivity index (χ0n) is 10.9. The van der Waals surface area contributed by atoms with Crippen LogP contribution in [0, 0.1) is 0 Å². The van der Waals surface area contributed by atoms with Crippen LogP contribution in [0.3, 0.4) is 0 Å². The molecule has 0 radical (unpaired) electrons. The van der Waals surface area contributed by atoms with Crippen molar-refractivity contribution in [1.82, 2.24) is 19.8 Å². The van der Waals surface area contributed by atoms with Gasteiger partial charge in [0.25, 0.3) is 0 Å². The Labute approximate surface area is 117 Å². The molecule has 1 aromatic carbocycles. The second kappa shape index (κ2) is 5.35. The van der Waals surface area contributed by atoms with Crippen molar-refractivity contribution >= 4 is 10.0 Å². The number of benzene rings is 1. The minimum absolute atomic E-state index is 0.00719. The molecule has 3 rings (SSSR count). The molecule has 0 amide bonds. The molecule has 1 aliphatic heterocycles. The Balaban J connectivity index is 1.72. The van der Waals surface area contributed by atoms with Gasteiger partial charge in [-0.3, -0.25) is 4.68 Å². The van der Waals surface area contributed by atoms with Crippen LogP contribution in [0.5, 0.6) is 0 Å². The molecule has 2 N–H and O–H groups in total. The van der Waals surface area contributed by atoms with Crippen molar-refractivity contribution in [3.8, 4) is 0 Å². The molecule has 0 saturated heterocycles. The summed E-state index contributed by atoms with van der Waals surface area (Å²) in [5, 5.41) is 7.51. The topological polar surface area (TPSA) is 76.0 Å². The first-order chi connectivity index (χ1) is 9.67. The van der Waals surface area contributed by atoms with Crippen LogP contribution in [0.1, 0.15) is 11.7 Å². The average molecular weight is 292 g/mol. The van der Waals surface area contributed by atoms with Crippen molar-refractivity contribution in [2.24, 2.45) is 0 Å². The Bertz CT molecular complexity index is 681.